The molecule has 0 saturated carbocycles. The first kappa shape index (κ1) is 16.0. The molecule has 0 saturated heterocycles. The van der Waals surface area contributed by atoms with Gasteiger partial charge in [-0.25, -0.2) is 4.98 Å². The fourth-order valence-electron chi connectivity index (χ4n) is 2.13. The van der Waals surface area contributed by atoms with Gasteiger partial charge in [0, 0.05) is 12.6 Å². The molecule has 8 heteroatoms. The average Bonchev–Trinajstić information content (AvgIpc) is 2.83. The number of carboxylic acid groups (broad SMARTS) is 1. The van der Waals surface area contributed by atoms with Gasteiger partial charge in [0.2, 0.25) is 0 Å². The Kier molecular flexibility index (Phi) is 5.02. The van der Waals surface area contributed by atoms with Gasteiger partial charge in [0.15, 0.2) is 5.16 Å². The molecular weight excluding hydrogens is 310 g/mol. The number of hydrogen-bond acceptors (Lipinski definition) is 6. The lowest BCUT2D eigenvalue weighted by Crippen LogP contribution is -2.31. The summed E-state index contributed by atoms with van der Waals surface area (Å²) in [7, 11) is 3.87. The van der Waals surface area contributed by atoms with Gasteiger partial charge < -0.3 is 10.0 Å². The van der Waals surface area contributed by atoms with E-state index in [4.69, 9.17) is 5.11 Å². The maximum atomic E-state index is 12.6. The standard InChI is InChI=1S/C13H17N3O3S2/c1-8(6-15(2)3)16-12(19)11-9(4-5-20-11)14-13(16)21-7-10(17)18/h4-5,8H,6-7H2,1-3H3,(H,17,18). The Hall–Kier alpha value is -1.38. The molecule has 6 nitrogen and oxygen atoms in total. The van der Waals surface area contributed by atoms with Gasteiger partial charge in [0.25, 0.3) is 5.56 Å². The van der Waals surface area contributed by atoms with E-state index in [1.165, 1.54) is 11.3 Å². The number of hydrogen-bond donors (Lipinski definition) is 1. The molecule has 2 aromatic heterocycles. The Morgan fingerprint density at radius 1 is 1.57 bits per heavy atom. The molecule has 0 aliphatic heterocycles. The average molecular weight is 327 g/mol. The number of likely N-dealkylation sites (N-methyl/N-ethyl adjacent to an activating group) is 1. The van der Waals surface area contributed by atoms with E-state index in [0.29, 0.717) is 21.9 Å². The molecule has 1 unspecified atom stereocenters. The highest BCUT2D eigenvalue weighted by Crippen LogP contribution is 2.23. The maximum absolute atomic E-state index is 12.6. The second-order valence-electron chi connectivity index (χ2n) is 5.00. The van der Waals surface area contributed by atoms with Crippen LogP contribution < -0.4 is 5.56 Å². The van der Waals surface area contributed by atoms with E-state index in [1.54, 1.807) is 10.6 Å². The molecule has 0 aliphatic rings. The second-order valence-corrected chi connectivity index (χ2v) is 6.86. The number of aliphatic carboxylic acids is 1. The van der Waals surface area contributed by atoms with Crippen molar-refractivity contribution in [1.29, 1.82) is 0 Å². The van der Waals surface area contributed by atoms with Crippen LogP contribution in [0.1, 0.15) is 13.0 Å². The highest BCUT2D eigenvalue weighted by Gasteiger charge is 2.18. The van der Waals surface area contributed by atoms with Gasteiger partial charge >= 0.3 is 5.97 Å². The van der Waals surface area contributed by atoms with Crippen LogP contribution in [0.3, 0.4) is 0 Å². The van der Waals surface area contributed by atoms with Crippen molar-refractivity contribution < 1.29 is 9.90 Å². The molecule has 0 fully saturated rings. The first-order valence-corrected chi connectivity index (χ1v) is 8.25. The summed E-state index contributed by atoms with van der Waals surface area (Å²) in [5.74, 6) is -1.04. The molecule has 2 aromatic rings. The van der Waals surface area contributed by atoms with Crippen LogP contribution in [0.2, 0.25) is 0 Å². The zero-order valence-electron chi connectivity index (χ0n) is 12.1. The Morgan fingerprint density at radius 3 is 2.90 bits per heavy atom. The molecule has 2 heterocycles. The maximum Gasteiger partial charge on any atom is 0.313 e. The number of thiophene rings is 1. The normalized spacial score (nSPS) is 13.0. The highest BCUT2D eigenvalue weighted by molar-refractivity contribution is 7.99. The topological polar surface area (TPSA) is 75.4 Å². The van der Waals surface area contributed by atoms with Crippen LogP contribution in [0.5, 0.6) is 0 Å². The zero-order valence-corrected chi connectivity index (χ0v) is 13.7. The molecule has 0 bridgehead atoms. The lowest BCUT2D eigenvalue weighted by atomic mass is 10.3. The largest absolute Gasteiger partial charge is 0.481 e. The van der Waals surface area contributed by atoms with E-state index in [1.807, 2.05) is 31.3 Å². The number of carbonyl (C=O) groups is 1. The van der Waals surface area contributed by atoms with E-state index in [0.717, 1.165) is 11.8 Å². The molecule has 0 amide bonds. The predicted molar refractivity (Wildman–Crippen MR) is 85.5 cm³/mol. The van der Waals surface area contributed by atoms with Crippen molar-refractivity contribution in [2.75, 3.05) is 26.4 Å². The first-order valence-electron chi connectivity index (χ1n) is 6.39. The molecule has 0 radical (unpaired) electrons. The monoisotopic (exact) mass is 327 g/mol. The number of thioether (sulfide) groups is 1. The van der Waals surface area contributed by atoms with E-state index in [2.05, 4.69) is 4.98 Å². The minimum Gasteiger partial charge on any atom is -0.481 e. The molecule has 0 spiro atoms. The summed E-state index contributed by atoms with van der Waals surface area (Å²) in [5, 5.41) is 11.1. The van der Waals surface area contributed by atoms with Crippen LogP contribution in [0.25, 0.3) is 10.2 Å². The van der Waals surface area contributed by atoms with Crippen LogP contribution in [0, 0.1) is 0 Å². The van der Waals surface area contributed by atoms with Crippen molar-refractivity contribution in [3.8, 4) is 0 Å². The minimum atomic E-state index is -0.925. The Bertz CT molecular complexity index is 708. The van der Waals surface area contributed by atoms with Crippen molar-refractivity contribution in [2.24, 2.45) is 0 Å². The van der Waals surface area contributed by atoms with Crippen LogP contribution in [0.15, 0.2) is 21.4 Å². The van der Waals surface area contributed by atoms with Gasteiger partial charge in [-0.15, -0.1) is 11.3 Å². The fraction of sp³-hybridized carbons (Fsp3) is 0.462. The predicted octanol–water partition coefficient (Wildman–Crippen LogP) is 1.76. The Labute approximate surface area is 130 Å². The molecule has 1 atom stereocenters. The second kappa shape index (κ2) is 6.59. The smallest absolute Gasteiger partial charge is 0.313 e. The van der Waals surface area contributed by atoms with Crippen molar-refractivity contribution in [1.82, 2.24) is 14.5 Å². The third kappa shape index (κ3) is 3.63. The van der Waals surface area contributed by atoms with Crippen LogP contribution in [-0.2, 0) is 4.79 Å². The van der Waals surface area contributed by atoms with Crippen LogP contribution in [0.4, 0.5) is 0 Å². The minimum absolute atomic E-state index is 0.0807. The third-order valence-corrected chi connectivity index (χ3v) is 4.70. The number of fused-ring (bicyclic) bond motifs is 1. The van der Waals surface area contributed by atoms with E-state index < -0.39 is 5.97 Å². The number of carboxylic acids is 1. The van der Waals surface area contributed by atoms with Crippen molar-refractivity contribution in [3.63, 3.8) is 0 Å². The van der Waals surface area contributed by atoms with Gasteiger partial charge in [-0.05, 0) is 32.5 Å². The summed E-state index contributed by atoms with van der Waals surface area (Å²) in [5.41, 5.74) is 0.531. The van der Waals surface area contributed by atoms with Gasteiger partial charge in [-0.2, -0.15) is 0 Å². The van der Waals surface area contributed by atoms with E-state index in [9.17, 15) is 9.59 Å². The lowest BCUT2D eigenvalue weighted by Gasteiger charge is -2.21. The molecule has 2 rings (SSSR count). The zero-order chi connectivity index (χ0) is 15.6. The quantitative estimate of drug-likeness (QED) is 0.643. The van der Waals surface area contributed by atoms with Gasteiger partial charge in [-0.3, -0.25) is 14.2 Å². The Balaban J connectivity index is 2.51. The fourth-order valence-corrected chi connectivity index (χ4v) is 3.71. The van der Waals surface area contributed by atoms with Crippen molar-refractivity contribution in [3.05, 3.63) is 21.8 Å². The molecule has 114 valence electrons. The third-order valence-electron chi connectivity index (χ3n) is 2.87. The summed E-state index contributed by atoms with van der Waals surface area (Å²) >= 11 is 2.44. The summed E-state index contributed by atoms with van der Waals surface area (Å²) < 4.78 is 2.21. The van der Waals surface area contributed by atoms with E-state index in [-0.39, 0.29) is 17.4 Å². The molecule has 0 aliphatic carbocycles. The lowest BCUT2D eigenvalue weighted by molar-refractivity contribution is -0.133. The Morgan fingerprint density at radius 2 is 2.29 bits per heavy atom. The van der Waals surface area contributed by atoms with Crippen molar-refractivity contribution in [2.45, 2.75) is 18.1 Å². The van der Waals surface area contributed by atoms with Crippen LogP contribution >= 0.6 is 23.1 Å². The summed E-state index contributed by atoms with van der Waals surface area (Å²) in [4.78, 5) is 29.9. The summed E-state index contributed by atoms with van der Waals surface area (Å²) in [6.07, 6.45) is 0. The van der Waals surface area contributed by atoms with Gasteiger partial charge in [-0.1, -0.05) is 11.8 Å². The molecular formula is C13H17N3O3S2. The molecule has 0 aromatic carbocycles. The number of aromatic nitrogens is 2. The molecule has 1 N–H and O–H groups in total. The molecule has 21 heavy (non-hydrogen) atoms. The SMILES string of the molecule is CC(CN(C)C)n1c(SCC(=O)O)nc2ccsc2c1=O. The number of rotatable bonds is 6. The van der Waals surface area contributed by atoms with Gasteiger partial charge in [0.1, 0.15) is 4.70 Å². The summed E-state index contributed by atoms with van der Waals surface area (Å²) in [6.45, 7) is 2.62. The van der Waals surface area contributed by atoms with Crippen molar-refractivity contribution >= 4 is 39.3 Å². The van der Waals surface area contributed by atoms with Crippen LogP contribution in [-0.4, -0.2) is 51.9 Å². The highest BCUT2D eigenvalue weighted by atomic mass is 32.2. The summed E-state index contributed by atoms with van der Waals surface area (Å²) in [6, 6.07) is 1.70. The van der Waals surface area contributed by atoms with E-state index >= 15 is 0 Å². The number of nitrogens with zero attached hydrogens (tertiary/aromatic N) is 3. The first-order chi connectivity index (χ1) is 9.90. The van der Waals surface area contributed by atoms with Gasteiger partial charge in [0.05, 0.1) is 11.3 Å².